The summed E-state index contributed by atoms with van der Waals surface area (Å²) in [7, 11) is -5.13. The highest BCUT2D eigenvalue weighted by Crippen LogP contribution is 2.47. The first-order valence-electron chi connectivity index (χ1n) is 21.5. The van der Waals surface area contributed by atoms with E-state index in [-0.39, 0.29) is 6.42 Å². The van der Waals surface area contributed by atoms with Gasteiger partial charge in [0.1, 0.15) is 36.6 Å². The van der Waals surface area contributed by atoms with Crippen molar-refractivity contribution in [3.8, 4) is 0 Å². The topological polar surface area (TPSA) is 226 Å². The van der Waals surface area contributed by atoms with Crippen LogP contribution in [-0.2, 0) is 18.4 Å². The number of allylic oxidation sites excluding steroid dienone is 5. The van der Waals surface area contributed by atoms with Crippen molar-refractivity contribution >= 4 is 13.7 Å². The minimum Gasteiger partial charge on any atom is -0.393 e. The molecule has 1 aliphatic rings. The van der Waals surface area contributed by atoms with Crippen LogP contribution in [0, 0.1) is 0 Å². The van der Waals surface area contributed by atoms with Crippen LogP contribution in [0.25, 0.3) is 0 Å². The third-order valence-electron chi connectivity index (χ3n) is 10.2. The van der Waals surface area contributed by atoms with E-state index < -0.39 is 75.2 Å². The molecule has 0 bridgehead atoms. The molecule has 0 aromatic rings. The van der Waals surface area contributed by atoms with E-state index in [2.05, 4.69) is 43.5 Å². The summed E-state index contributed by atoms with van der Waals surface area (Å²) in [4.78, 5) is 23.3. The zero-order valence-corrected chi connectivity index (χ0v) is 35.2. The molecule has 0 aliphatic heterocycles. The molecule has 0 aromatic heterocycles. The first kappa shape index (κ1) is 52.5. The van der Waals surface area contributed by atoms with Gasteiger partial charge in [0.05, 0.1) is 31.3 Å². The van der Waals surface area contributed by atoms with Crippen molar-refractivity contribution < 1.29 is 59.0 Å². The molecule has 8 atom stereocenters. The fourth-order valence-corrected chi connectivity index (χ4v) is 7.61. The number of aliphatic hydroxyl groups excluding tert-OH is 7. The van der Waals surface area contributed by atoms with E-state index in [0.29, 0.717) is 12.8 Å². The van der Waals surface area contributed by atoms with Crippen LogP contribution in [0.5, 0.6) is 0 Å². The quantitative estimate of drug-likeness (QED) is 0.0153. The van der Waals surface area contributed by atoms with Crippen molar-refractivity contribution in [3.05, 3.63) is 36.5 Å². The van der Waals surface area contributed by atoms with Crippen LogP contribution in [0.4, 0.5) is 0 Å². The number of hydrogen-bond acceptors (Lipinski definition) is 11. The summed E-state index contributed by atoms with van der Waals surface area (Å²) < 4.78 is 22.7. The van der Waals surface area contributed by atoms with Gasteiger partial charge in [0.2, 0.25) is 5.91 Å². The second-order valence-corrected chi connectivity index (χ2v) is 16.8. The van der Waals surface area contributed by atoms with Crippen molar-refractivity contribution in [2.45, 2.75) is 216 Å². The maximum Gasteiger partial charge on any atom is 0.472 e. The zero-order valence-electron chi connectivity index (χ0n) is 34.3. The molecule has 0 radical (unpaired) electrons. The summed E-state index contributed by atoms with van der Waals surface area (Å²) in [6, 6.07) is -1.24. The van der Waals surface area contributed by atoms with Gasteiger partial charge in [-0.25, -0.2) is 4.57 Å². The van der Waals surface area contributed by atoms with Crippen LogP contribution in [0.2, 0.25) is 0 Å². The molecule has 14 heteroatoms. The number of unbranched alkanes of at least 4 members (excludes halogenated alkanes) is 18. The molecular weight excluding hydrogens is 741 g/mol. The highest BCUT2D eigenvalue weighted by molar-refractivity contribution is 7.47. The molecular formula is C42H78NO12P. The Balaban J connectivity index is 2.53. The fourth-order valence-electron chi connectivity index (χ4n) is 6.64. The number of phosphoric acid groups is 1. The Bertz CT molecular complexity index is 1110. The van der Waals surface area contributed by atoms with Gasteiger partial charge in [-0.1, -0.05) is 147 Å². The number of hydrogen-bond donors (Lipinski definition) is 9. The van der Waals surface area contributed by atoms with Crippen molar-refractivity contribution in [1.29, 1.82) is 0 Å². The minimum absolute atomic E-state index is 0.250. The van der Waals surface area contributed by atoms with E-state index in [1.165, 1.54) is 76.7 Å². The molecule has 0 heterocycles. The Morgan fingerprint density at radius 1 is 0.643 bits per heavy atom. The number of nitrogens with one attached hydrogen (secondary N) is 1. The number of aliphatic hydroxyl groups is 7. The average Bonchev–Trinajstić information content (AvgIpc) is 3.17. The average molecular weight is 820 g/mol. The van der Waals surface area contributed by atoms with Crippen LogP contribution in [-0.4, -0.2) is 108 Å². The predicted octanol–water partition coefficient (Wildman–Crippen LogP) is 6.19. The van der Waals surface area contributed by atoms with Gasteiger partial charge in [0.25, 0.3) is 0 Å². The number of phosphoric ester groups is 1. The lowest BCUT2D eigenvalue weighted by atomic mass is 9.85. The van der Waals surface area contributed by atoms with Gasteiger partial charge in [0, 0.05) is 0 Å². The van der Waals surface area contributed by atoms with Gasteiger partial charge in [0.15, 0.2) is 0 Å². The highest BCUT2D eigenvalue weighted by Gasteiger charge is 2.51. The van der Waals surface area contributed by atoms with E-state index in [9.17, 15) is 50.0 Å². The standard InChI is InChI=1S/C42H78NO12P/c1-3-5-7-9-11-13-14-15-16-17-18-19-20-22-23-25-27-29-33(44)31-36(46)43-34(35(45)30-28-26-24-21-12-10-8-6-4-2)32-54-56(52,53)55-42-40(50)38(48)37(47)39(49)41(42)51/h11,13-15,28,30,33-35,37-42,44-45,47-51H,3-10,12,16-27,29,31-32H2,1-2H3,(H,43,46)(H,52,53)/b13-11-,15-14-,30-28+. The largest absolute Gasteiger partial charge is 0.472 e. The van der Waals surface area contributed by atoms with E-state index in [1.54, 1.807) is 6.08 Å². The lowest BCUT2D eigenvalue weighted by molar-refractivity contribution is -0.220. The first-order chi connectivity index (χ1) is 26.8. The monoisotopic (exact) mass is 820 g/mol. The molecule has 0 saturated heterocycles. The third kappa shape index (κ3) is 24.4. The molecule has 1 fully saturated rings. The van der Waals surface area contributed by atoms with Gasteiger partial charge in [-0.3, -0.25) is 13.8 Å². The Labute approximate surface area is 336 Å². The number of carbonyl (C=O) groups excluding carboxylic acids is 1. The zero-order chi connectivity index (χ0) is 41.6. The summed E-state index contributed by atoms with van der Waals surface area (Å²) in [6.07, 6.45) is 21.1. The van der Waals surface area contributed by atoms with Gasteiger partial charge in [-0.2, -0.15) is 0 Å². The molecule has 13 nitrogen and oxygen atoms in total. The SMILES string of the molecule is CCCCC/C=C\C=C/CCCCCCCCCCC(O)CC(=O)NC(COP(=O)(O)OC1C(O)C(O)C(O)C(O)C1O)C(O)/C=C/CCCCCCCCC. The van der Waals surface area contributed by atoms with Gasteiger partial charge < -0.3 is 46.0 Å². The summed E-state index contributed by atoms with van der Waals surface area (Å²) >= 11 is 0. The second kappa shape index (κ2) is 32.4. The number of carbonyl (C=O) groups is 1. The maximum absolute atomic E-state index is 12.9. The Hall–Kier alpha value is -1.48. The molecule has 0 spiro atoms. The summed E-state index contributed by atoms with van der Waals surface area (Å²) in [5.74, 6) is -0.601. The smallest absolute Gasteiger partial charge is 0.393 e. The molecule has 56 heavy (non-hydrogen) atoms. The van der Waals surface area contributed by atoms with Crippen molar-refractivity contribution in [2.24, 2.45) is 0 Å². The maximum atomic E-state index is 12.9. The van der Waals surface area contributed by atoms with E-state index >= 15 is 0 Å². The van der Waals surface area contributed by atoms with E-state index in [4.69, 9.17) is 9.05 Å². The van der Waals surface area contributed by atoms with Crippen LogP contribution in [0.15, 0.2) is 36.5 Å². The molecule has 328 valence electrons. The Morgan fingerprint density at radius 3 is 1.61 bits per heavy atom. The predicted molar refractivity (Wildman–Crippen MR) is 220 cm³/mol. The number of amides is 1. The summed E-state index contributed by atoms with van der Waals surface area (Å²) in [6.45, 7) is 3.64. The molecule has 1 amide bonds. The Kier molecular flexibility index (Phi) is 30.4. The van der Waals surface area contributed by atoms with Gasteiger partial charge in [-0.05, 0) is 44.9 Å². The fraction of sp³-hybridized carbons (Fsp3) is 0.833. The molecule has 1 aliphatic carbocycles. The first-order valence-corrected chi connectivity index (χ1v) is 23.0. The highest BCUT2D eigenvalue weighted by atomic mass is 31.2. The molecule has 9 N–H and O–H groups in total. The minimum atomic E-state index is -5.13. The summed E-state index contributed by atoms with van der Waals surface area (Å²) in [5.41, 5.74) is 0. The van der Waals surface area contributed by atoms with Crippen molar-refractivity contribution in [1.82, 2.24) is 5.32 Å². The molecule has 1 rings (SSSR count). The molecule has 8 unspecified atom stereocenters. The molecule has 0 aromatic carbocycles. The summed E-state index contributed by atoms with van der Waals surface area (Å²) in [5, 5.41) is 74.1. The van der Waals surface area contributed by atoms with Gasteiger partial charge >= 0.3 is 7.82 Å². The van der Waals surface area contributed by atoms with E-state index in [0.717, 1.165) is 57.8 Å². The Morgan fingerprint density at radius 2 is 1.07 bits per heavy atom. The second-order valence-electron chi connectivity index (χ2n) is 15.4. The van der Waals surface area contributed by atoms with Crippen molar-refractivity contribution in [2.75, 3.05) is 6.61 Å². The van der Waals surface area contributed by atoms with Gasteiger partial charge in [-0.15, -0.1) is 0 Å². The van der Waals surface area contributed by atoms with E-state index in [1.807, 2.05) is 0 Å². The van der Waals surface area contributed by atoms with Crippen LogP contribution < -0.4 is 5.32 Å². The lowest BCUT2D eigenvalue weighted by Gasteiger charge is -2.41. The van der Waals surface area contributed by atoms with Crippen molar-refractivity contribution in [3.63, 3.8) is 0 Å². The number of rotatable bonds is 34. The van der Waals surface area contributed by atoms with Crippen LogP contribution in [0.3, 0.4) is 0 Å². The van der Waals surface area contributed by atoms with Crippen LogP contribution in [0.1, 0.15) is 162 Å². The normalized spacial score (nSPS) is 24.5. The molecule has 1 saturated carbocycles. The third-order valence-corrected chi connectivity index (χ3v) is 11.2. The van der Waals surface area contributed by atoms with Crippen LogP contribution >= 0.6 is 7.82 Å². The lowest BCUT2D eigenvalue weighted by Crippen LogP contribution is -2.64.